The lowest BCUT2D eigenvalue weighted by molar-refractivity contribution is 0.671. The molecule has 0 aromatic heterocycles. The average Bonchev–Trinajstić information content (AvgIpc) is 1.83. The highest BCUT2D eigenvalue weighted by molar-refractivity contribution is 5.20. The fraction of sp³-hybridized carbons (Fsp3) is 0.250. The number of halogens is 1. The summed E-state index contributed by atoms with van der Waals surface area (Å²) in [6.07, 6.45) is 3.79. The molecule has 0 atom stereocenters. The molecule has 0 amide bonds. The summed E-state index contributed by atoms with van der Waals surface area (Å²) >= 11 is 0. The molecule has 0 bridgehead atoms. The fourth-order valence-corrected chi connectivity index (χ4v) is 0.326. The van der Waals surface area contributed by atoms with Crippen LogP contribution in [0.2, 0.25) is 0 Å². The van der Waals surface area contributed by atoms with E-state index in [2.05, 4.69) is 13.2 Å². The first-order chi connectivity index (χ1) is 4.16. The van der Waals surface area contributed by atoms with Crippen LogP contribution in [-0.4, -0.2) is 0 Å². The van der Waals surface area contributed by atoms with Gasteiger partial charge in [0.1, 0.15) is 5.83 Å². The van der Waals surface area contributed by atoms with Gasteiger partial charge >= 0.3 is 0 Å². The van der Waals surface area contributed by atoms with Gasteiger partial charge in [-0.15, -0.1) is 0 Å². The van der Waals surface area contributed by atoms with E-state index in [1.807, 2.05) is 6.92 Å². The summed E-state index contributed by atoms with van der Waals surface area (Å²) in [6.45, 7) is 8.68. The van der Waals surface area contributed by atoms with E-state index in [1.54, 1.807) is 6.08 Å². The Kier molecular flexibility index (Phi) is 3.69. The van der Waals surface area contributed by atoms with Gasteiger partial charge in [0.15, 0.2) is 0 Å². The second-order valence-corrected chi connectivity index (χ2v) is 1.79. The van der Waals surface area contributed by atoms with E-state index in [0.29, 0.717) is 0 Å². The quantitative estimate of drug-likeness (QED) is 0.510. The second kappa shape index (κ2) is 4.07. The lowest BCUT2D eigenvalue weighted by Gasteiger charge is -1.88. The molecule has 0 aliphatic heterocycles. The molecule has 0 aromatic carbocycles. The molecule has 0 spiro atoms. The molecule has 0 nitrogen and oxygen atoms in total. The molecule has 0 rings (SSSR count). The van der Waals surface area contributed by atoms with Crippen LogP contribution in [-0.2, 0) is 0 Å². The van der Waals surface area contributed by atoms with Gasteiger partial charge in [0.25, 0.3) is 0 Å². The average molecular weight is 126 g/mol. The monoisotopic (exact) mass is 126 g/mol. The van der Waals surface area contributed by atoms with E-state index in [1.165, 1.54) is 6.08 Å². The first-order valence-corrected chi connectivity index (χ1v) is 2.87. The summed E-state index contributed by atoms with van der Waals surface area (Å²) in [5.41, 5.74) is 0.911. The number of rotatable bonds is 3. The van der Waals surface area contributed by atoms with Crippen molar-refractivity contribution >= 4 is 0 Å². The minimum atomic E-state index is -0.426. The molecule has 0 aliphatic carbocycles. The highest BCUT2D eigenvalue weighted by Gasteiger charge is 1.81. The largest absolute Gasteiger partial charge is 0.208 e. The Labute approximate surface area is 55.4 Å². The van der Waals surface area contributed by atoms with E-state index < -0.39 is 5.83 Å². The van der Waals surface area contributed by atoms with Crippen LogP contribution in [0.1, 0.15) is 13.3 Å². The molecule has 0 aliphatic rings. The van der Waals surface area contributed by atoms with Crippen LogP contribution in [0, 0.1) is 0 Å². The normalized spacial score (nSPS) is 10.0. The lowest BCUT2D eigenvalue weighted by Crippen LogP contribution is -1.68. The summed E-state index contributed by atoms with van der Waals surface area (Å²) < 4.78 is 11.9. The van der Waals surface area contributed by atoms with Crippen LogP contribution in [0.5, 0.6) is 0 Å². The summed E-state index contributed by atoms with van der Waals surface area (Å²) in [7, 11) is 0. The van der Waals surface area contributed by atoms with Crippen molar-refractivity contribution in [3.8, 4) is 0 Å². The first-order valence-electron chi connectivity index (χ1n) is 2.87. The molecule has 0 radical (unpaired) electrons. The van der Waals surface area contributed by atoms with Gasteiger partial charge in [0.05, 0.1) is 0 Å². The molecular formula is C8H11F. The number of allylic oxidation sites excluding steroid dienone is 4. The van der Waals surface area contributed by atoms with Crippen LogP contribution < -0.4 is 0 Å². The summed E-state index contributed by atoms with van der Waals surface area (Å²) in [5.74, 6) is -0.426. The topological polar surface area (TPSA) is 0 Å². The zero-order valence-corrected chi connectivity index (χ0v) is 5.65. The predicted molar refractivity (Wildman–Crippen MR) is 38.8 cm³/mol. The summed E-state index contributed by atoms with van der Waals surface area (Å²) in [4.78, 5) is 0. The lowest BCUT2D eigenvalue weighted by atomic mass is 10.2. The molecule has 0 unspecified atom stereocenters. The van der Waals surface area contributed by atoms with Crippen LogP contribution >= 0.6 is 0 Å². The van der Waals surface area contributed by atoms with Crippen LogP contribution in [0.25, 0.3) is 0 Å². The minimum absolute atomic E-state index is 0.426. The first kappa shape index (κ1) is 8.15. The maximum absolute atomic E-state index is 11.9. The zero-order chi connectivity index (χ0) is 7.28. The maximum Gasteiger partial charge on any atom is 0.116 e. The van der Waals surface area contributed by atoms with E-state index in [0.717, 1.165) is 12.0 Å². The molecule has 9 heavy (non-hydrogen) atoms. The molecule has 50 valence electrons. The van der Waals surface area contributed by atoms with Crippen molar-refractivity contribution in [2.24, 2.45) is 0 Å². The van der Waals surface area contributed by atoms with Crippen LogP contribution in [0.4, 0.5) is 4.39 Å². The standard InChI is InChI=1S/C8H11F/c1-4-7(2)5-6-8(3)9/h5-6H,2-4H2,1H3/b6-5-. The molecule has 0 saturated heterocycles. The second-order valence-electron chi connectivity index (χ2n) is 1.79. The van der Waals surface area contributed by atoms with Gasteiger partial charge in [-0.05, 0) is 12.5 Å². The van der Waals surface area contributed by atoms with Gasteiger partial charge in [-0.3, -0.25) is 0 Å². The highest BCUT2D eigenvalue weighted by Crippen LogP contribution is 2.01. The smallest absolute Gasteiger partial charge is 0.116 e. The summed E-state index contributed by atoms with van der Waals surface area (Å²) in [5, 5.41) is 0. The third kappa shape index (κ3) is 5.01. The van der Waals surface area contributed by atoms with Gasteiger partial charge in [0, 0.05) is 0 Å². The Hall–Kier alpha value is -0.850. The van der Waals surface area contributed by atoms with E-state index in [9.17, 15) is 4.39 Å². The Morgan fingerprint density at radius 1 is 1.44 bits per heavy atom. The van der Waals surface area contributed by atoms with Crippen molar-refractivity contribution in [3.63, 3.8) is 0 Å². The molecule has 0 fully saturated rings. The number of hydrogen-bond acceptors (Lipinski definition) is 0. The minimum Gasteiger partial charge on any atom is -0.208 e. The Morgan fingerprint density at radius 2 is 2.00 bits per heavy atom. The van der Waals surface area contributed by atoms with Crippen molar-refractivity contribution in [3.05, 3.63) is 36.7 Å². The van der Waals surface area contributed by atoms with E-state index in [-0.39, 0.29) is 0 Å². The third-order valence-corrected chi connectivity index (χ3v) is 0.954. The Bertz CT molecular complexity index is 143. The zero-order valence-electron chi connectivity index (χ0n) is 5.65. The van der Waals surface area contributed by atoms with Gasteiger partial charge in [0.2, 0.25) is 0 Å². The molecule has 0 saturated carbocycles. The van der Waals surface area contributed by atoms with Crippen LogP contribution in [0.15, 0.2) is 36.7 Å². The van der Waals surface area contributed by atoms with Gasteiger partial charge in [-0.2, -0.15) is 0 Å². The Morgan fingerprint density at radius 3 is 2.33 bits per heavy atom. The van der Waals surface area contributed by atoms with Crippen molar-refractivity contribution in [2.75, 3.05) is 0 Å². The SMILES string of the molecule is C=C(F)/C=C\C(=C)CC. The molecule has 0 heterocycles. The molecular weight excluding hydrogens is 115 g/mol. The van der Waals surface area contributed by atoms with E-state index in [4.69, 9.17) is 0 Å². The van der Waals surface area contributed by atoms with Crippen molar-refractivity contribution in [1.29, 1.82) is 0 Å². The van der Waals surface area contributed by atoms with E-state index >= 15 is 0 Å². The van der Waals surface area contributed by atoms with Crippen molar-refractivity contribution in [2.45, 2.75) is 13.3 Å². The molecule has 0 aromatic rings. The third-order valence-electron chi connectivity index (χ3n) is 0.954. The van der Waals surface area contributed by atoms with Crippen molar-refractivity contribution < 1.29 is 4.39 Å². The Balaban J connectivity index is 3.71. The summed E-state index contributed by atoms with van der Waals surface area (Å²) in [6, 6.07) is 0. The van der Waals surface area contributed by atoms with Crippen LogP contribution in [0.3, 0.4) is 0 Å². The van der Waals surface area contributed by atoms with Gasteiger partial charge in [-0.1, -0.05) is 31.7 Å². The van der Waals surface area contributed by atoms with Gasteiger partial charge in [-0.25, -0.2) is 4.39 Å². The molecule has 1 heteroatoms. The fourth-order valence-electron chi connectivity index (χ4n) is 0.326. The van der Waals surface area contributed by atoms with Crippen molar-refractivity contribution in [1.82, 2.24) is 0 Å². The van der Waals surface area contributed by atoms with Gasteiger partial charge < -0.3 is 0 Å². The number of hydrogen-bond donors (Lipinski definition) is 0. The predicted octanol–water partition coefficient (Wildman–Crippen LogP) is 2.99. The highest BCUT2D eigenvalue weighted by atomic mass is 19.1. The maximum atomic E-state index is 11.9. The molecule has 0 N–H and O–H groups in total.